The Balaban J connectivity index is 2.08. The zero-order valence-corrected chi connectivity index (χ0v) is 12.2. The van der Waals surface area contributed by atoms with Crippen molar-refractivity contribution < 1.29 is 18.0 Å². The average Bonchev–Trinajstić information content (AvgIpc) is 2.91. The van der Waals surface area contributed by atoms with Crippen molar-refractivity contribution in [3.63, 3.8) is 0 Å². The lowest BCUT2D eigenvalue weighted by Gasteiger charge is -2.36. The number of nitrogens with zero attached hydrogens (tertiary/aromatic N) is 1. The van der Waals surface area contributed by atoms with E-state index < -0.39 is 23.4 Å². The van der Waals surface area contributed by atoms with Crippen molar-refractivity contribution in [3.8, 4) is 0 Å². The number of rotatable bonds is 4. The third kappa shape index (κ3) is 3.20. The van der Waals surface area contributed by atoms with Gasteiger partial charge in [-0.05, 0) is 39.1 Å². The van der Waals surface area contributed by atoms with Gasteiger partial charge in [0, 0.05) is 17.6 Å². The van der Waals surface area contributed by atoms with Gasteiger partial charge in [0.2, 0.25) is 0 Å². The van der Waals surface area contributed by atoms with Gasteiger partial charge in [0.1, 0.15) is 0 Å². The summed E-state index contributed by atoms with van der Waals surface area (Å²) in [6, 6.07) is 1.43. The summed E-state index contributed by atoms with van der Waals surface area (Å²) in [6.45, 7) is 0.402. The molecule has 1 aromatic carbocycles. The molecule has 2 rings (SSSR count). The van der Waals surface area contributed by atoms with Gasteiger partial charge in [0.15, 0.2) is 17.5 Å². The molecule has 0 saturated heterocycles. The van der Waals surface area contributed by atoms with Crippen LogP contribution >= 0.6 is 0 Å². The fourth-order valence-electron chi connectivity index (χ4n) is 2.85. The molecule has 1 aliphatic carbocycles. The Labute approximate surface area is 122 Å². The van der Waals surface area contributed by atoms with E-state index in [9.17, 15) is 18.0 Å². The van der Waals surface area contributed by atoms with Crippen LogP contribution in [0.3, 0.4) is 0 Å². The fourth-order valence-corrected chi connectivity index (χ4v) is 2.85. The maximum Gasteiger partial charge on any atom is 0.251 e. The van der Waals surface area contributed by atoms with Crippen LogP contribution in [0, 0.1) is 17.5 Å². The first kappa shape index (κ1) is 15.8. The summed E-state index contributed by atoms with van der Waals surface area (Å²) < 4.78 is 39.2. The lowest BCUT2D eigenvalue weighted by atomic mass is 9.96. The van der Waals surface area contributed by atoms with E-state index in [1.54, 1.807) is 0 Å². The van der Waals surface area contributed by atoms with Crippen molar-refractivity contribution in [2.75, 3.05) is 20.6 Å². The molecule has 116 valence electrons. The number of nitrogens with one attached hydrogen (secondary N) is 1. The molecule has 1 saturated carbocycles. The zero-order chi connectivity index (χ0) is 15.6. The summed E-state index contributed by atoms with van der Waals surface area (Å²) in [7, 11) is 3.91. The maximum atomic E-state index is 13.1. The van der Waals surface area contributed by atoms with E-state index in [0.717, 1.165) is 25.7 Å². The van der Waals surface area contributed by atoms with Gasteiger partial charge in [-0.1, -0.05) is 12.8 Å². The normalized spacial score (nSPS) is 17.2. The molecule has 21 heavy (non-hydrogen) atoms. The van der Waals surface area contributed by atoms with Crippen molar-refractivity contribution in [1.29, 1.82) is 0 Å². The second-order valence-corrected chi connectivity index (χ2v) is 5.76. The lowest BCUT2D eigenvalue weighted by Crippen LogP contribution is -2.50. The number of halogens is 3. The van der Waals surface area contributed by atoms with Crippen molar-refractivity contribution in [2.24, 2.45) is 0 Å². The zero-order valence-electron chi connectivity index (χ0n) is 12.2. The van der Waals surface area contributed by atoms with E-state index in [1.165, 1.54) is 0 Å². The lowest BCUT2D eigenvalue weighted by molar-refractivity contribution is 0.0899. The summed E-state index contributed by atoms with van der Waals surface area (Å²) in [4.78, 5) is 14.1. The molecule has 1 fully saturated rings. The highest BCUT2D eigenvalue weighted by atomic mass is 19.2. The average molecular weight is 300 g/mol. The van der Waals surface area contributed by atoms with E-state index in [2.05, 4.69) is 10.2 Å². The predicted molar refractivity (Wildman–Crippen MR) is 73.5 cm³/mol. The molecule has 0 aromatic heterocycles. The second kappa shape index (κ2) is 6.05. The van der Waals surface area contributed by atoms with Crippen LogP contribution in [0.25, 0.3) is 0 Å². The molecule has 0 aliphatic heterocycles. The number of likely N-dealkylation sites (N-methyl/N-ethyl adjacent to an activating group) is 1. The van der Waals surface area contributed by atoms with Crippen LogP contribution in [0.5, 0.6) is 0 Å². The minimum atomic E-state index is -1.56. The van der Waals surface area contributed by atoms with E-state index in [0.29, 0.717) is 18.7 Å². The van der Waals surface area contributed by atoms with Crippen LogP contribution < -0.4 is 5.32 Å². The van der Waals surface area contributed by atoms with Crippen LogP contribution in [-0.4, -0.2) is 37.0 Å². The number of carbonyl (C=O) groups is 1. The van der Waals surface area contributed by atoms with Gasteiger partial charge in [-0.3, -0.25) is 4.79 Å². The summed E-state index contributed by atoms with van der Waals surface area (Å²) in [5, 5.41) is 2.70. The van der Waals surface area contributed by atoms with Gasteiger partial charge in [0.25, 0.3) is 5.91 Å². The van der Waals surface area contributed by atoms with Crippen LogP contribution in [0.15, 0.2) is 12.1 Å². The van der Waals surface area contributed by atoms with Gasteiger partial charge in [-0.15, -0.1) is 0 Å². The highest BCUT2D eigenvalue weighted by Gasteiger charge is 2.36. The number of hydrogen-bond acceptors (Lipinski definition) is 2. The Morgan fingerprint density at radius 3 is 2.19 bits per heavy atom. The molecule has 0 heterocycles. The SMILES string of the molecule is CN(C)C1(CNC(=O)c2cc(F)c(F)c(F)c2)CCCC1. The van der Waals surface area contributed by atoms with E-state index in [1.807, 2.05) is 14.1 Å². The Morgan fingerprint density at radius 2 is 1.71 bits per heavy atom. The topological polar surface area (TPSA) is 32.3 Å². The Bertz CT molecular complexity index is 517. The second-order valence-electron chi connectivity index (χ2n) is 5.76. The van der Waals surface area contributed by atoms with E-state index in [4.69, 9.17) is 0 Å². The van der Waals surface area contributed by atoms with Crippen LogP contribution in [-0.2, 0) is 0 Å². The predicted octanol–water partition coefficient (Wildman–Crippen LogP) is 2.71. The number of benzene rings is 1. The molecule has 1 aliphatic rings. The standard InChI is InChI=1S/C15H19F3N2O/c1-20(2)15(5-3-4-6-15)9-19-14(21)10-7-11(16)13(18)12(17)8-10/h7-8H,3-6,9H2,1-2H3,(H,19,21). The number of hydrogen-bond donors (Lipinski definition) is 1. The Morgan fingerprint density at radius 1 is 1.19 bits per heavy atom. The molecule has 0 unspecified atom stereocenters. The number of carbonyl (C=O) groups excluding carboxylic acids is 1. The summed E-state index contributed by atoms with van der Waals surface area (Å²) in [5.41, 5.74) is -0.328. The Kier molecular flexibility index (Phi) is 4.56. The quantitative estimate of drug-likeness (QED) is 0.867. The third-order valence-electron chi connectivity index (χ3n) is 4.31. The molecule has 1 amide bonds. The third-order valence-corrected chi connectivity index (χ3v) is 4.31. The van der Waals surface area contributed by atoms with Crippen LogP contribution in [0.2, 0.25) is 0 Å². The number of amides is 1. The molecular weight excluding hydrogens is 281 g/mol. The van der Waals surface area contributed by atoms with Crippen LogP contribution in [0.1, 0.15) is 36.0 Å². The van der Waals surface area contributed by atoms with Gasteiger partial charge in [-0.2, -0.15) is 0 Å². The van der Waals surface area contributed by atoms with Gasteiger partial charge in [0.05, 0.1) is 0 Å². The summed E-state index contributed by atoms with van der Waals surface area (Å²) >= 11 is 0. The highest BCUT2D eigenvalue weighted by molar-refractivity contribution is 5.94. The highest BCUT2D eigenvalue weighted by Crippen LogP contribution is 2.33. The first-order valence-electron chi connectivity index (χ1n) is 6.96. The molecule has 0 bridgehead atoms. The van der Waals surface area contributed by atoms with E-state index in [-0.39, 0.29) is 11.1 Å². The molecule has 3 nitrogen and oxygen atoms in total. The first-order valence-corrected chi connectivity index (χ1v) is 6.96. The maximum absolute atomic E-state index is 13.1. The van der Waals surface area contributed by atoms with Crippen molar-refractivity contribution in [2.45, 2.75) is 31.2 Å². The van der Waals surface area contributed by atoms with Crippen molar-refractivity contribution in [1.82, 2.24) is 10.2 Å². The van der Waals surface area contributed by atoms with Crippen LogP contribution in [0.4, 0.5) is 13.2 Å². The molecule has 0 atom stereocenters. The minimum absolute atomic E-state index is 0.118. The minimum Gasteiger partial charge on any atom is -0.350 e. The molecule has 1 aromatic rings. The molecule has 0 radical (unpaired) electrons. The van der Waals surface area contributed by atoms with Gasteiger partial charge < -0.3 is 10.2 Å². The molecule has 1 N–H and O–H groups in total. The van der Waals surface area contributed by atoms with Gasteiger partial charge >= 0.3 is 0 Å². The summed E-state index contributed by atoms with van der Waals surface area (Å²) in [6.07, 6.45) is 4.11. The largest absolute Gasteiger partial charge is 0.350 e. The molecule has 6 heteroatoms. The van der Waals surface area contributed by atoms with Crippen molar-refractivity contribution >= 4 is 5.91 Å². The van der Waals surface area contributed by atoms with E-state index >= 15 is 0 Å². The molecular formula is C15H19F3N2O. The fraction of sp³-hybridized carbons (Fsp3) is 0.533. The molecule has 0 spiro atoms. The van der Waals surface area contributed by atoms with Crippen molar-refractivity contribution in [3.05, 3.63) is 35.1 Å². The monoisotopic (exact) mass is 300 g/mol. The summed E-state index contributed by atoms with van der Waals surface area (Å²) in [5.74, 6) is -4.88. The Hall–Kier alpha value is -1.56. The van der Waals surface area contributed by atoms with Gasteiger partial charge in [-0.25, -0.2) is 13.2 Å². The first-order chi connectivity index (χ1) is 9.85. The smallest absolute Gasteiger partial charge is 0.251 e.